The van der Waals surface area contributed by atoms with Crippen molar-refractivity contribution in [3.8, 4) is 0 Å². The van der Waals surface area contributed by atoms with Gasteiger partial charge in [-0.05, 0) is 37.5 Å². The molecule has 2 N–H and O–H groups in total. The summed E-state index contributed by atoms with van der Waals surface area (Å²) >= 11 is 8.04. The van der Waals surface area contributed by atoms with E-state index in [-0.39, 0.29) is 6.04 Å². The highest BCUT2D eigenvalue weighted by Crippen LogP contribution is 2.38. The van der Waals surface area contributed by atoms with Gasteiger partial charge in [0.15, 0.2) is 0 Å². The first-order valence-electron chi connectivity index (χ1n) is 6.41. The summed E-state index contributed by atoms with van der Waals surface area (Å²) in [6, 6.07) is 8.17. The van der Waals surface area contributed by atoms with Crippen LogP contribution in [0.3, 0.4) is 0 Å². The highest BCUT2D eigenvalue weighted by molar-refractivity contribution is 8.00. The Hall–Kier alpha value is -0.220. The third-order valence-electron chi connectivity index (χ3n) is 3.16. The summed E-state index contributed by atoms with van der Waals surface area (Å²) in [6.45, 7) is 3.82. The Morgan fingerprint density at radius 1 is 1.39 bits per heavy atom. The van der Waals surface area contributed by atoms with Gasteiger partial charge in [0, 0.05) is 34.8 Å². The Morgan fingerprint density at radius 3 is 2.72 bits per heavy atom. The van der Waals surface area contributed by atoms with E-state index in [1.54, 1.807) is 0 Å². The van der Waals surface area contributed by atoms with Crippen LogP contribution < -0.4 is 5.73 Å². The zero-order chi connectivity index (χ0) is 13.0. The molecule has 0 aliphatic carbocycles. The maximum atomic E-state index is 6.14. The number of thioether (sulfide) groups is 1. The number of halogens is 1. The van der Waals surface area contributed by atoms with Crippen molar-refractivity contribution in [3.05, 3.63) is 34.9 Å². The van der Waals surface area contributed by atoms with Gasteiger partial charge < -0.3 is 10.5 Å². The fraction of sp³-hybridized carbons (Fsp3) is 0.571. The molecule has 0 bridgehead atoms. The molecule has 2 atom stereocenters. The van der Waals surface area contributed by atoms with Gasteiger partial charge >= 0.3 is 0 Å². The van der Waals surface area contributed by atoms with E-state index >= 15 is 0 Å². The van der Waals surface area contributed by atoms with Crippen molar-refractivity contribution in [1.82, 2.24) is 0 Å². The summed E-state index contributed by atoms with van der Waals surface area (Å²) < 4.78 is 5.40. The standard InChI is InChI=1S/C14H20ClNOS/c1-10(16)14(11-3-2-4-12(15)9-11)18-13-5-7-17-8-6-13/h2-4,9-10,13-14H,5-8,16H2,1H3. The fourth-order valence-corrected chi connectivity index (χ4v) is 3.84. The van der Waals surface area contributed by atoms with Gasteiger partial charge in [-0.1, -0.05) is 23.7 Å². The van der Waals surface area contributed by atoms with Crippen molar-refractivity contribution in [2.45, 2.75) is 36.3 Å². The van der Waals surface area contributed by atoms with Gasteiger partial charge in [-0.3, -0.25) is 0 Å². The van der Waals surface area contributed by atoms with Crippen molar-refractivity contribution >= 4 is 23.4 Å². The monoisotopic (exact) mass is 285 g/mol. The van der Waals surface area contributed by atoms with Crippen LogP contribution in [0.15, 0.2) is 24.3 Å². The van der Waals surface area contributed by atoms with Crippen LogP contribution in [-0.2, 0) is 4.74 Å². The van der Waals surface area contributed by atoms with Crippen molar-refractivity contribution in [1.29, 1.82) is 0 Å². The Morgan fingerprint density at radius 2 is 2.11 bits per heavy atom. The van der Waals surface area contributed by atoms with E-state index in [1.165, 1.54) is 5.56 Å². The zero-order valence-corrected chi connectivity index (χ0v) is 12.2. The topological polar surface area (TPSA) is 35.2 Å². The number of hydrogen-bond donors (Lipinski definition) is 1. The van der Waals surface area contributed by atoms with E-state index in [0.29, 0.717) is 10.5 Å². The van der Waals surface area contributed by atoms with Gasteiger partial charge in [0.05, 0.1) is 0 Å². The van der Waals surface area contributed by atoms with Crippen LogP contribution in [0.1, 0.15) is 30.6 Å². The molecular weight excluding hydrogens is 266 g/mol. The fourth-order valence-electron chi connectivity index (χ4n) is 2.21. The van der Waals surface area contributed by atoms with Gasteiger partial charge in [0.1, 0.15) is 0 Å². The number of rotatable bonds is 4. The normalized spacial score (nSPS) is 20.6. The summed E-state index contributed by atoms with van der Waals surface area (Å²) in [5.41, 5.74) is 7.37. The zero-order valence-electron chi connectivity index (χ0n) is 10.6. The number of benzene rings is 1. The van der Waals surface area contributed by atoms with Crippen LogP contribution in [0.4, 0.5) is 0 Å². The van der Waals surface area contributed by atoms with Gasteiger partial charge in [-0.25, -0.2) is 0 Å². The summed E-state index contributed by atoms with van der Waals surface area (Å²) in [6.07, 6.45) is 2.24. The molecular formula is C14H20ClNOS. The third kappa shape index (κ3) is 3.89. The highest BCUT2D eigenvalue weighted by atomic mass is 35.5. The molecule has 1 fully saturated rings. The lowest BCUT2D eigenvalue weighted by Crippen LogP contribution is -2.26. The maximum absolute atomic E-state index is 6.14. The SMILES string of the molecule is CC(N)C(SC1CCOCC1)c1cccc(Cl)c1. The molecule has 0 aromatic heterocycles. The molecule has 18 heavy (non-hydrogen) atoms. The molecule has 4 heteroatoms. The number of ether oxygens (including phenoxy) is 1. The van der Waals surface area contributed by atoms with Crippen molar-refractivity contribution < 1.29 is 4.74 Å². The predicted molar refractivity (Wildman–Crippen MR) is 79.3 cm³/mol. The summed E-state index contributed by atoms with van der Waals surface area (Å²) in [7, 11) is 0. The van der Waals surface area contributed by atoms with Crippen molar-refractivity contribution in [3.63, 3.8) is 0 Å². The van der Waals surface area contributed by atoms with E-state index in [4.69, 9.17) is 22.1 Å². The predicted octanol–water partition coefficient (Wildman–Crippen LogP) is 3.64. The lowest BCUT2D eigenvalue weighted by Gasteiger charge is -2.28. The van der Waals surface area contributed by atoms with Gasteiger partial charge in [-0.15, -0.1) is 11.8 Å². The van der Waals surface area contributed by atoms with Gasteiger partial charge in [-0.2, -0.15) is 0 Å². The van der Waals surface area contributed by atoms with E-state index < -0.39 is 0 Å². The van der Waals surface area contributed by atoms with Crippen LogP contribution in [0.25, 0.3) is 0 Å². The molecule has 1 aliphatic heterocycles. The molecule has 0 spiro atoms. The second kappa shape index (κ2) is 6.80. The Bertz CT molecular complexity index is 380. The second-order valence-corrected chi connectivity index (χ2v) is 6.67. The first kappa shape index (κ1) is 14.2. The molecule has 1 aromatic rings. The van der Waals surface area contributed by atoms with E-state index in [2.05, 4.69) is 13.0 Å². The van der Waals surface area contributed by atoms with Gasteiger partial charge in [0.25, 0.3) is 0 Å². The maximum Gasteiger partial charge on any atom is 0.0476 e. The molecule has 1 aliphatic rings. The molecule has 2 unspecified atom stereocenters. The molecule has 2 rings (SSSR count). The Labute approximate surface area is 118 Å². The minimum atomic E-state index is 0.122. The Balaban J connectivity index is 2.07. The molecule has 1 aromatic carbocycles. The molecule has 2 nitrogen and oxygen atoms in total. The molecule has 1 saturated heterocycles. The molecule has 0 amide bonds. The minimum absolute atomic E-state index is 0.122. The van der Waals surface area contributed by atoms with Crippen LogP contribution in [0, 0.1) is 0 Å². The number of hydrogen-bond acceptors (Lipinski definition) is 3. The van der Waals surface area contributed by atoms with E-state index in [0.717, 1.165) is 31.1 Å². The smallest absolute Gasteiger partial charge is 0.0476 e. The van der Waals surface area contributed by atoms with Crippen molar-refractivity contribution in [2.75, 3.05) is 13.2 Å². The summed E-state index contributed by atoms with van der Waals surface area (Å²) in [4.78, 5) is 0. The quantitative estimate of drug-likeness (QED) is 0.917. The van der Waals surface area contributed by atoms with E-state index in [1.807, 2.05) is 30.0 Å². The summed E-state index contributed by atoms with van der Waals surface area (Å²) in [5.74, 6) is 0. The second-order valence-electron chi connectivity index (χ2n) is 4.78. The largest absolute Gasteiger partial charge is 0.381 e. The highest BCUT2D eigenvalue weighted by Gasteiger charge is 2.23. The lowest BCUT2D eigenvalue weighted by molar-refractivity contribution is 0.0999. The minimum Gasteiger partial charge on any atom is -0.381 e. The van der Waals surface area contributed by atoms with E-state index in [9.17, 15) is 0 Å². The molecule has 0 radical (unpaired) electrons. The first-order valence-corrected chi connectivity index (χ1v) is 7.73. The third-order valence-corrected chi connectivity index (χ3v) is 5.25. The van der Waals surface area contributed by atoms with Crippen LogP contribution >= 0.6 is 23.4 Å². The van der Waals surface area contributed by atoms with Crippen LogP contribution in [-0.4, -0.2) is 24.5 Å². The van der Waals surface area contributed by atoms with Crippen molar-refractivity contribution in [2.24, 2.45) is 5.73 Å². The average Bonchev–Trinajstić information content (AvgIpc) is 2.37. The summed E-state index contributed by atoms with van der Waals surface area (Å²) in [5, 5.41) is 1.74. The molecule has 100 valence electrons. The molecule has 0 saturated carbocycles. The van der Waals surface area contributed by atoms with Crippen LogP contribution in [0.2, 0.25) is 5.02 Å². The Kier molecular flexibility index (Phi) is 5.37. The van der Waals surface area contributed by atoms with Crippen LogP contribution in [0.5, 0.6) is 0 Å². The lowest BCUT2D eigenvalue weighted by atomic mass is 10.1. The average molecular weight is 286 g/mol. The van der Waals surface area contributed by atoms with Gasteiger partial charge in [0.2, 0.25) is 0 Å². The molecule has 1 heterocycles. The first-order chi connectivity index (χ1) is 8.66. The number of nitrogens with two attached hydrogens (primary N) is 1.